The molecule has 0 saturated heterocycles. The van der Waals surface area contributed by atoms with E-state index in [4.69, 9.17) is 0 Å². The van der Waals surface area contributed by atoms with Crippen molar-refractivity contribution in [1.29, 1.82) is 0 Å². The smallest absolute Gasteiger partial charge is 0.152 e. The van der Waals surface area contributed by atoms with Crippen molar-refractivity contribution in [2.24, 2.45) is 5.41 Å². The average Bonchev–Trinajstić information content (AvgIpc) is 2.64. The van der Waals surface area contributed by atoms with Crippen LogP contribution >= 0.6 is 0 Å². The minimum atomic E-state index is 0.251. The van der Waals surface area contributed by atoms with Crippen LogP contribution in [0.25, 0.3) is 0 Å². The highest BCUT2D eigenvalue weighted by Gasteiger charge is 2.22. The minimum absolute atomic E-state index is 0.251. The molecule has 0 spiro atoms. The number of rotatable bonds is 2. The molecule has 0 atom stereocenters. The zero-order chi connectivity index (χ0) is 11.6. The largest absolute Gasteiger partial charge is 0.227 e. The Balaban J connectivity index is 2.11. The lowest BCUT2D eigenvalue weighted by atomic mass is 9.91. The minimum Gasteiger partial charge on any atom is -0.227 e. The molecule has 1 fully saturated rings. The van der Waals surface area contributed by atoms with Crippen LogP contribution in [-0.2, 0) is 6.42 Å². The van der Waals surface area contributed by atoms with Gasteiger partial charge in [0, 0.05) is 6.42 Å². The lowest BCUT2D eigenvalue weighted by Gasteiger charge is -2.24. The Labute approximate surface area is 97.4 Å². The molecule has 4 nitrogen and oxygen atoms in total. The zero-order valence-electron chi connectivity index (χ0n) is 10.6. The van der Waals surface area contributed by atoms with Crippen LogP contribution in [0.15, 0.2) is 0 Å². The second kappa shape index (κ2) is 4.52. The highest BCUT2D eigenvalue weighted by atomic mass is 15.5. The summed E-state index contributed by atoms with van der Waals surface area (Å²) in [6, 6.07) is 0.543. The Morgan fingerprint density at radius 2 is 1.88 bits per heavy atom. The van der Waals surface area contributed by atoms with Gasteiger partial charge in [-0.15, -0.1) is 5.10 Å². The lowest BCUT2D eigenvalue weighted by Crippen LogP contribution is -2.20. The molecule has 1 aromatic rings. The fourth-order valence-electron chi connectivity index (χ4n) is 2.41. The molecule has 0 aliphatic heterocycles. The molecule has 0 amide bonds. The maximum Gasteiger partial charge on any atom is 0.152 e. The molecule has 1 heterocycles. The topological polar surface area (TPSA) is 43.6 Å². The number of tetrazole rings is 1. The van der Waals surface area contributed by atoms with Crippen molar-refractivity contribution in [3.63, 3.8) is 0 Å². The van der Waals surface area contributed by atoms with Crippen molar-refractivity contribution < 1.29 is 0 Å². The van der Waals surface area contributed by atoms with Gasteiger partial charge in [0.2, 0.25) is 0 Å². The van der Waals surface area contributed by atoms with Crippen molar-refractivity contribution in [2.45, 2.75) is 65.3 Å². The van der Waals surface area contributed by atoms with Crippen molar-refractivity contribution in [2.75, 3.05) is 0 Å². The van der Waals surface area contributed by atoms with E-state index in [2.05, 4.69) is 41.0 Å². The average molecular weight is 222 g/mol. The molecule has 90 valence electrons. The molecule has 16 heavy (non-hydrogen) atoms. The Morgan fingerprint density at radius 1 is 1.19 bits per heavy atom. The van der Waals surface area contributed by atoms with E-state index in [1.807, 2.05) is 0 Å². The summed E-state index contributed by atoms with van der Waals surface area (Å²) in [4.78, 5) is 0. The first-order valence-electron chi connectivity index (χ1n) is 6.33. The highest BCUT2D eigenvalue weighted by Crippen LogP contribution is 2.29. The van der Waals surface area contributed by atoms with Gasteiger partial charge >= 0.3 is 0 Å². The lowest BCUT2D eigenvalue weighted by molar-refractivity contribution is 0.302. The summed E-state index contributed by atoms with van der Waals surface area (Å²) in [5.41, 5.74) is 0.251. The third-order valence-electron chi connectivity index (χ3n) is 3.17. The fourth-order valence-corrected chi connectivity index (χ4v) is 2.41. The van der Waals surface area contributed by atoms with E-state index in [9.17, 15) is 0 Å². The predicted octanol–water partition coefficient (Wildman–Crippen LogP) is 2.77. The summed E-state index contributed by atoms with van der Waals surface area (Å²) in [6.45, 7) is 6.69. The van der Waals surface area contributed by atoms with Gasteiger partial charge in [0.25, 0.3) is 0 Å². The number of hydrogen-bond donors (Lipinski definition) is 0. The quantitative estimate of drug-likeness (QED) is 0.772. The predicted molar refractivity (Wildman–Crippen MR) is 63.1 cm³/mol. The van der Waals surface area contributed by atoms with Gasteiger partial charge in [0.1, 0.15) is 0 Å². The summed E-state index contributed by atoms with van der Waals surface area (Å²) >= 11 is 0. The molecule has 0 bridgehead atoms. The molecule has 2 rings (SSSR count). The standard InChI is InChI=1S/C12H22N4/c1-12(2,3)9-11-13-14-15-16(11)10-7-5-4-6-8-10/h10H,4-9H2,1-3H3. The molecule has 1 aliphatic rings. The SMILES string of the molecule is CC(C)(C)Cc1nnnn1C1CCCCC1. The first-order valence-corrected chi connectivity index (χ1v) is 6.33. The van der Waals surface area contributed by atoms with E-state index in [1.54, 1.807) is 0 Å². The van der Waals surface area contributed by atoms with Crippen LogP contribution in [-0.4, -0.2) is 20.2 Å². The van der Waals surface area contributed by atoms with Gasteiger partial charge in [-0.1, -0.05) is 40.0 Å². The van der Waals surface area contributed by atoms with Crippen LogP contribution in [0.2, 0.25) is 0 Å². The Hall–Kier alpha value is -0.930. The molecular weight excluding hydrogens is 200 g/mol. The molecule has 0 unspecified atom stereocenters. The maximum atomic E-state index is 4.18. The first-order chi connectivity index (χ1) is 7.56. The van der Waals surface area contributed by atoms with Gasteiger partial charge in [-0.2, -0.15) is 0 Å². The monoisotopic (exact) mass is 222 g/mol. The van der Waals surface area contributed by atoms with Gasteiger partial charge in [0.05, 0.1) is 6.04 Å². The van der Waals surface area contributed by atoms with Gasteiger partial charge in [-0.25, -0.2) is 4.68 Å². The number of aromatic nitrogens is 4. The van der Waals surface area contributed by atoms with Crippen molar-refractivity contribution in [1.82, 2.24) is 20.2 Å². The van der Waals surface area contributed by atoms with Crippen molar-refractivity contribution >= 4 is 0 Å². The molecule has 1 saturated carbocycles. The van der Waals surface area contributed by atoms with Crippen LogP contribution in [0, 0.1) is 5.41 Å². The van der Waals surface area contributed by atoms with Crippen LogP contribution in [0.5, 0.6) is 0 Å². The van der Waals surface area contributed by atoms with E-state index in [0.29, 0.717) is 6.04 Å². The molecule has 4 heteroatoms. The summed E-state index contributed by atoms with van der Waals surface area (Å²) in [5.74, 6) is 1.06. The first kappa shape index (κ1) is 11.6. The third-order valence-corrected chi connectivity index (χ3v) is 3.17. The summed E-state index contributed by atoms with van der Waals surface area (Å²) in [7, 11) is 0. The maximum absolute atomic E-state index is 4.18. The van der Waals surface area contributed by atoms with Crippen LogP contribution in [0.3, 0.4) is 0 Å². The van der Waals surface area contributed by atoms with Gasteiger partial charge in [0.15, 0.2) is 5.82 Å². The van der Waals surface area contributed by atoms with Gasteiger partial charge < -0.3 is 0 Å². The normalized spacial score (nSPS) is 18.9. The molecule has 1 aliphatic carbocycles. The van der Waals surface area contributed by atoms with Gasteiger partial charge in [-0.3, -0.25) is 0 Å². The van der Waals surface area contributed by atoms with E-state index in [0.717, 1.165) is 12.2 Å². The molecular formula is C12H22N4. The second-order valence-electron chi connectivity index (χ2n) is 6.07. The van der Waals surface area contributed by atoms with Gasteiger partial charge in [-0.05, 0) is 28.7 Å². The molecule has 0 aromatic carbocycles. The molecule has 1 aromatic heterocycles. The summed E-state index contributed by atoms with van der Waals surface area (Å²) in [6.07, 6.45) is 7.44. The van der Waals surface area contributed by atoms with Crippen LogP contribution < -0.4 is 0 Å². The third kappa shape index (κ3) is 2.80. The Bertz CT molecular complexity index is 331. The van der Waals surface area contributed by atoms with Crippen LogP contribution in [0.4, 0.5) is 0 Å². The number of hydrogen-bond acceptors (Lipinski definition) is 3. The molecule has 0 radical (unpaired) electrons. The van der Waals surface area contributed by atoms with E-state index >= 15 is 0 Å². The summed E-state index contributed by atoms with van der Waals surface area (Å²) < 4.78 is 2.07. The van der Waals surface area contributed by atoms with Crippen molar-refractivity contribution in [3.05, 3.63) is 5.82 Å². The van der Waals surface area contributed by atoms with E-state index < -0.39 is 0 Å². The van der Waals surface area contributed by atoms with E-state index in [-0.39, 0.29) is 5.41 Å². The van der Waals surface area contributed by atoms with E-state index in [1.165, 1.54) is 32.1 Å². The van der Waals surface area contributed by atoms with Crippen LogP contribution in [0.1, 0.15) is 64.7 Å². The Kier molecular flexibility index (Phi) is 3.26. The fraction of sp³-hybridized carbons (Fsp3) is 0.917. The number of nitrogens with zero attached hydrogens (tertiary/aromatic N) is 4. The second-order valence-corrected chi connectivity index (χ2v) is 6.07. The highest BCUT2D eigenvalue weighted by molar-refractivity contribution is 4.90. The Morgan fingerprint density at radius 3 is 2.50 bits per heavy atom. The summed E-state index contributed by atoms with van der Waals surface area (Å²) in [5, 5.41) is 12.2. The molecule has 0 N–H and O–H groups in total. The zero-order valence-corrected chi connectivity index (χ0v) is 10.6. The van der Waals surface area contributed by atoms with Crippen molar-refractivity contribution in [3.8, 4) is 0 Å².